The Balaban J connectivity index is 4.39. The smallest absolute Gasteiger partial charge is 0.306 e. The average molecular weight is 928 g/mol. The lowest BCUT2D eigenvalue weighted by Gasteiger charge is -2.18. The van der Waals surface area contributed by atoms with Gasteiger partial charge in [-0.05, 0) is 70.6 Å². The van der Waals surface area contributed by atoms with E-state index in [1.165, 1.54) is 193 Å². The highest BCUT2D eigenvalue weighted by Crippen LogP contribution is 2.16. The highest BCUT2D eigenvalue weighted by atomic mass is 16.6. The lowest BCUT2D eigenvalue weighted by Crippen LogP contribution is -2.30. The maximum atomic E-state index is 12.8. The molecule has 0 rings (SSSR count). The van der Waals surface area contributed by atoms with Gasteiger partial charge in [0.25, 0.3) is 0 Å². The Morgan fingerprint density at radius 2 is 0.545 bits per heavy atom. The van der Waals surface area contributed by atoms with Crippen LogP contribution in [0.1, 0.15) is 310 Å². The molecule has 66 heavy (non-hydrogen) atoms. The van der Waals surface area contributed by atoms with E-state index >= 15 is 0 Å². The number of esters is 3. The van der Waals surface area contributed by atoms with Crippen molar-refractivity contribution in [1.82, 2.24) is 0 Å². The zero-order valence-electron chi connectivity index (χ0n) is 44.2. The number of allylic oxidation sites excluding steroid dienone is 6. The second-order valence-corrected chi connectivity index (χ2v) is 19.6. The first-order valence-electron chi connectivity index (χ1n) is 29.0. The molecule has 386 valence electrons. The van der Waals surface area contributed by atoms with Gasteiger partial charge in [-0.15, -0.1) is 0 Å². The minimum absolute atomic E-state index is 0.0820. The van der Waals surface area contributed by atoms with E-state index in [0.29, 0.717) is 19.3 Å². The summed E-state index contributed by atoms with van der Waals surface area (Å²) in [5.74, 6) is -0.900. The third-order valence-corrected chi connectivity index (χ3v) is 12.9. The van der Waals surface area contributed by atoms with Crippen molar-refractivity contribution in [2.24, 2.45) is 0 Å². The molecule has 0 saturated carbocycles. The van der Waals surface area contributed by atoms with E-state index < -0.39 is 6.10 Å². The Morgan fingerprint density at radius 3 is 0.864 bits per heavy atom. The fourth-order valence-corrected chi connectivity index (χ4v) is 8.49. The molecular weight excluding hydrogens is 817 g/mol. The van der Waals surface area contributed by atoms with Gasteiger partial charge in [0.1, 0.15) is 13.2 Å². The SMILES string of the molecule is CCCCCCCCC/C=C\C=C/CCCCCC(=O)OC(COC(=O)CCCCCCC/C=C\CCCCCCCCCCC)COC(=O)CCCCCCCCCCCCCCCC. The first-order valence-corrected chi connectivity index (χ1v) is 29.0. The molecule has 6 nitrogen and oxygen atoms in total. The van der Waals surface area contributed by atoms with E-state index in [1.807, 2.05) is 0 Å². The number of carbonyl (C=O) groups excluding carboxylic acids is 3. The molecule has 0 bridgehead atoms. The number of ether oxygens (including phenoxy) is 3. The van der Waals surface area contributed by atoms with Gasteiger partial charge in [0, 0.05) is 19.3 Å². The maximum Gasteiger partial charge on any atom is 0.306 e. The first-order chi connectivity index (χ1) is 32.5. The van der Waals surface area contributed by atoms with Gasteiger partial charge in [-0.3, -0.25) is 14.4 Å². The largest absolute Gasteiger partial charge is 0.462 e. The molecule has 0 aliphatic rings. The van der Waals surface area contributed by atoms with E-state index in [0.717, 1.165) is 77.0 Å². The Hall–Kier alpha value is -2.37. The number of hydrogen-bond donors (Lipinski definition) is 0. The first kappa shape index (κ1) is 63.6. The van der Waals surface area contributed by atoms with E-state index in [4.69, 9.17) is 14.2 Å². The van der Waals surface area contributed by atoms with Crippen molar-refractivity contribution in [2.45, 2.75) is 316 Å². The predicted molar refractivity (Wildman–Crippen MR) is 284 cm³/mol. The Morgan fingerprint density at radius 1 is 0.303 bits per heavy atom. The minimum Gasteiger partial charge on any atom is -0.462 e. The standard InChI is InChI=1S/C60H110O6/c1-4-7-10-13-16-19-22-25-28-30-31-33-35-38-41-44-47-50-53-59(62)65-56-57(55-64-58(61)52-49-46-43-40-37-34-27-24-21-18-15-12-9-6-3)66-60(63)54-51-48-45-42-39-36-32-29-26-23-20-17-14-11-8-5-2/h29,31-33,36,39,57H,4-28,30,34-35,37-38,40-56H2,1-3H3/b32-29-,33-31-,39-36-. The summed E-state index contributed by atoms with van der Waals surface area (Å²) < 4.78 is 16.8. The predicted octanol–water partition coefficient (Wildman–Crippen LogP) is 19.3. The van der Waals surface area contributed by atoms with Crippen LogP contribution in [0.4, 0.5) is 0 Å². The third-order valence-electron chi connectivity index (χ3n) is 12.9. The van der Waals surface area contributed by atoms with Gasteiger partial charge in [0.2, 0.25) is 0 Å². The van der Waals surface area contributed by atoms with Crippen LogP contribution in [0.25, 0.3) is 0 Å². The van der Waals surface area contributed by atoms with Crippen LogP contribution in [0.5, 0.6) is 0 Å². The molecule has 0 aliphatic carbocycles. The van der Waals surface area contributed by atoms with Crippen molar-refractivity contribution >= 4 is 17.9 Å². The fourth-order valence-electron chi connectivity index (χ4n) is 8.49. The monoisotopic (exact) mass is 927 g/mol. The molecule has 0 aliphatic heterocycles. The lowest BCUT2D eigenvalue weighted by molar-refractivity contribution is -0.167. The number of unbranched alkanes of at least 4 members (excludes halogenated alkanes) is 37. The van der Waals surface area contributed by atoms with Crippen molar-refractivity contribution < 1.29 is 28.6 Å². The molecule has 0 N–H and O–H groups in total. The third kappa shape index (κ3) is 52.6. The van der Waals surface area contributed by atoms with Gasteiger partial charge in [0.05, 0.1) is 0 Å². The second-order valence-electron chi connectivity index (χ2n) is 19.6. The quantitative estimate of drug-likeness (QED) is 0.0199. The van der Waals surface area contributed by atoms with E-state index in [1.54, 1.807) is 0 Å². The summed E-state index contributed by atoms with van der Waals surface area (Å²) in [7, 11) is 0. The van der Waals surface area contributed by atoms with Gasteiger partial charge >= 0.3 is 17.9 Å². The molecule has 0 aromatic heterocycles. The van der Waals surface area contributed by atoms with Crippen LogP contribution in [0.2, 0.25) is 0 Å². The maximum absolute atomic E-state index is 12.8. The molecule has 0 radical (unpaired) electrons. The topological polar surface area (TPSA) is 78.9 Å². The summed E-state index contributed by atoms with van der Waals surface area (Å²) in [5, 5.41) is 0. The van der Waals surface area contributed by atoms with Crippen LogP contribution in [0.15, 0.2) is 36.5 Å². The summed E-state index contributed by atoms with van der Waals surface area (Å²) in [6.07, 6.45) is 65.6. The van der Waals surface area contributed by atoms with Crippen molar-refractivity contribution in [3.8, 4) is 0 Å². The average Bonchev–Trinajstić information content (AvgIpc) is 3.31. The molecule has 0 fully saturated rings. The summed E-state index contributed by atoms with van der Waals surface area (Å²) in [6, 6.07) is 0. The Labute approximate surface area is 410 Å². The van der Waals surface area contributed by atoms with Gasteiger partial charge < -0.3 is 14.2 Å². The minimum atomic E-state index is -0.786. The molecule has 1 unspecified atom stereocenters. The summed E-state index contributed by atoms with van der Waals surface area (Å²) >= 11 is 0. The van der Waals surface area contributed by atoms with Crippen LogP contribution < -0.4 is 0 Å². The zero-order chi connectivity index (χ0) is 47.9. The Kier molecular flexibility index (Phi) is 53.2. The fraction of sp³-hybridized carbons (Fsp3) is 0.850. The number of carbonyl (C=O) groups is 3. The molecule has 0 heterocycles. The molecule has 0 aromatic carbocycles. The molecule has 6 heteroatoms. The number of hydrogen-bond acceptors (Lipinski definition) is 6. The summed E-state index contributed by atoms with van der Waals surface area (Å²) in [5.41, 5.74) is 0. The van der Waals surface area contributed by atoms with Crippen molar-refractivity contribution in [2.75, 3.05) is 13.2 Å². The Bertz CT molecular complexity index is 1110. The normalized spacial score (nSPS) is 12.2. The van der Waals surface area contributed by atoms with Crippen LogP contribution in [-0.4, -0.2) is 37.2 Å². The summed E-state index contributed by atoms with van der Waals surface area (Å²) in [6.45, 7) is 6.64. The summed E-state index contributed by atoms with van der Waals surface area (Å²) in [4.78, 5) is 38.1. The van der Waals surface area contributed by atoms with Gasteiger partial charge in [-0.2, -0.15) is 0 Å². The van der Waals surface area contributed by atoms with Crippen LogP contribution in [-0.2, 0) is 28.6 Å². The van der Waals surface area contributed by atoms with Crippen LogP contribution >= 0.6 is 0 Å². The van der Waals surface area contributed by atoms with Crippen LogP contribution in [0, 0.1) is 0 Å². The van der Waals surface area contributed by atoms with Crippen molar-refractivity contribution in [1.29, 1.82) is 0 Å². The molecule has 0 amide bonds. The van der Waals surface area contributed by atoms with E-state index in [-0.39, 0.29) is 31.1 Å². The lowest BCUT2D eigenvalue weighted by atomic mass is 10.0. The van der Waals surface area contributed by atoms with Gasteiger partial charge in [0.15, 0.2) is 6.10 Å². The highest BCUT2D eigenvalue weighted by Gasteiger charge is 2.19. The van der Waals surface area contributed by atoms with Crippen LogP contribution in [0.3, 0.4) is 0 Å². The molecule has 1 atom stereocenters. The molecule has 0 aromatic rings. The molecule has 0 spiro atoms. The van der Waals surface area contributed by atoms with Crippen molar-refractivity contribution in [3.05, 3.63) is 36.5 Å². The number of rotatable bonds is 53. The van der Waals surface area contributed by atoms with E-state index in [9.17, 15) is 14.4 Å². The van der Waals surface area contributed by atoms with Gasteiger partial charge in [-0.25, -0.2) is 0 Å². The van der Waals surface area contributed by atoms with Crippen molar-refractivity contribution in [3.63, 3.8) is 0 Å². The van der Waals surface area contributed by atoms with Gasteiger partial charge in [-0.1, -0.05) is 256 Å². The molecular formula is C60H110O6. The second kappa shape index (κ2) is 55.2. The molecule has 0 saturated heterocycles. The zero-order valence-corrected chi connectivity index (χ0v) is 44.2. The van der Waals surface area contributed by atoms with E-state index in [2.05, 4.69) is 57.2 Å². The highest BCUT2D eigenvalue weighted by molar-refractivity contribution is 5.71.